The standard InChI is InChI=1S/C27H38N6O3/c1-29(2)23-17-24(31-12-10-27(19-31)8-4-9-27)28-33(26(23)35)18-25(34)32-11-7-20-21(5-3-6-22(20)32)30-13-15-36-16-14-30/h3,5-6,17,20,22H,4,7-16,18-19H2,1-2H3. The van der Waals surface area contributed by atoms with Gasteiger partial charge in [0.1, 0.15) is 12.2 Å². The van der Waals surface area contributed by atoms with Crippen molar-refractivity contribution in [2.45, 2.75) is 44.7 Å². The van der Waals surface area contributed by atoms with Gasteiger partial charge in [-0.2, -0.15) is 5.10 Å². The van der Waals surface area contributed by atoms with Gasteiger partial charge in [-0.3, -0.25) is 9.59 Å². The number of aromatic nitrogens is 2. The van der Waals surface area contributed by atoms with E-state index >= 15 is 0 Å². The van der Waals surface area contributed by atoms with Crippen LogP contribution in [0.25, 0.3) is 0 Å². The van der Waals surface area contributed by atoms with Gasteiger partial charge in [-0.25, -0.2) is 4.68 Å². The summed E-state index contributed by atoms with van der Waals surface area (Å²) in [5.41, 5.74) is 2.11. The summed E-state index contributed by atoms with van der Waals surface area (Å²) < 4.78 is 6.94. The Labute approximate surface area is 213 Å². The lowest BCUT2D eigenvalue weighted by molar-refractivity contribution is -0.132. The number of hydrogen-bond acceptors (Lipinski definition) is 7. The molecular formula is C27H38N6O3. The van der Waals surface area contributed by atoms with E-state index in [9.17, 15) is 9.59 Å². The number of carbonyl (C=O) groups is 1. The summed E-state index contributed by atoms with van der Waals surface area (Å²) in [5.74, 6) is 1.07. The van der Waals surface area contributed by atoms with Crippen LogP contribution in [-0.4, -0.2) is 91.6 Å². The number of ether oxygens (including phenoxy) is 1. The Morgan fingerprint density at radius 2 is 1.94 bits per heavy atom. The van der Waals surface area contributed by atoms with Crippen molar-refractivity contribution < 1.29 is 9.53 Å². The number of allylic oxidation sites excluding steroid dienone is 2. The highest BCUT2D eigenvalue weighted by Crippen LogP contribution is 2.48. The monoisotopic (exact) mass is 494 g/mol. The molecule has 1 spiro atoms. The summed E-state index contributed by atoms with van der Waals surface area (Å²) in [4.78, 5) is 35.4. The predicted molar refractivity (Wildman–Crippen MR) is 139 cm³/mol. The first kappa shape index (κ1) is 23.6. The Morgan fingerprint density at radius 3 is 2.64 bits per heavy atom. The first-order valence-electron chi connectivity index (χ1n) is 13.5. The van der Waals surface area contributed by atoms with E-state index in [1.807, 2.05) is 30.0 Å². The zero-order valence-corrected chi connectivity index (χ0v) is 21.6. The van der Waals surface area contributed by atoms with Gasteiger partial charge < -0.3 is 24.3 Å². The summed E-state index contributed by atoms with van der Waals surface area (Å²) in [6.07, 6.45) is 12.4. The van der Waals surface area contributed by atoms with Crippen LogP contribution in [0.1, 0.15) is 32.1 Å². The second kappa shape index (κ2) is 9.25. The van der Waals surface area contributed by atoms with Crippen LogP contribution < -0.4 is 15.4 Å². The zero-order valence-electron chi connectivity index (χ0n) is 21.6. The van der Waals surface area contributed by atoms with Crippen LogP contribution in [0.3, 0.4) is 0 Å². The van der Waals surface area contributed by atoms with Crippen molar-refractivity contribution in [3.8, 4) is 0 Å². The van der Waals surface area contributed by atoms with E-state index in [4.69, 9.17) is 9.84 Å². The van der Waals surface area contributed by atoms with Gasteiger partial charge in [0, 0.05) is 64.5 Å². The summed E-state index contributed by atoms with van der Waals surface area (Å²) in [7, 11) is 3.75. The maximum absolute atomic E-state index is 13.6. The summed E-state index contributed by atoms with van der Waals surface area (Å²) in [5, 5.41) is 4.73. The van der Waals surface area contributed by atoms with Gasteiger partial charge in [0.05, 0.1) is 19.3 Å². The zero-order chi connectivity index (χ0) is 24.9. The molecule has 2 unspecified atom stereocenters. The number of carbonyl (C=O) groups excluding carboxylic acids is 1. The molecule has 1 saturated carbocycles. The molecule has 4 fully saturated rings. The molecule has 0 N–H and O–H groups in total. The van der Waals surface area contributed by atoms with E-state index in [0.717, 1.165) is 51.6 Å². The third-order valence-electron chi connectivity index (χ3n) is 8.99. The van der Waals surface area contributed by atoms with Gasteiger partial charge in [0.15, 0.2) is 5.82 Å². The number of rotatable bonds is 5. The highest BCUT2D eigenvalue weighted by molar-refractivity contribution is 5.77. The average molecular weight is 495 g/mol. The third kappa shape index (κ3) is 4.11. The molecule has 1 amide bonds. The molecule has 5 aliphatic rings. The van der Waals surface area contributed by atoms with E-state index in [2.05, 4.69) is 28.0 Å². The lowest BCUT2D eigenvalue weighted by atomic mass is 9.68. The predicted octanol–water partition coefficient (Wildman–Crippen LogP) is 1.69. The number of anilines is 2. The Morgan fingerprint density at radius 1 is 1.14 bits per heavy atom. The molecule has 1 aromatic heterocycles. The summed E-state index contributed by atoms with van der Waals surface area (Å²) >= 11 is 0. The van der Waals surface area contributed by atoms with Gasteiger partial charge in [-0.1, -0.05) is 18.6 Å². The first-order chi connectivity index (χ1) is 17.4. The van der Waals surface area contributed by atoms with E-state index in [0.29, 0.717) is 23.6 Å². The smallest absolute Gasteiger partial charge is 0.290 e. The van der Waals surface area contributed by atoms with Crippen LogP contribution in [-0.2, 0) is 16.1 Å². The molecule has 4 heterocycles. The molecule has 6 rings (SSSR count). The van der Waals surface area contributed by atoms with E-state index < -0.39 is 0 Å². The van der Waals surface area contributed by atoms with Crippen molar-refractivity contribution in [1.29, 1.82) is 0 Å². The number of likely N-dealkylation sites (tertiary alicyclic amines) is 1. The quantitative estimate of drug-likeness (QED) is 0.617. The van der Waals surface area contributed by atoms with Crippen molar-refractivity contribution in [3.63, 3.8) is 0 Å². The number of nitrogens with zero attached hydrogens (tertiary/aromatic N) is 6. The van der Waals surface area contributed by atoms with E-state index in [1.54, 1.807) is 0 Å². The number of morpholine rings is 1. The van der Waals surface area contributed by atoms with Crippen molar-refractivity contribution in [1.82, 2.24) is 19.6 Å². The molecule has 0 bridgehead atoms. The van der Waals surface area contributed by atoms with Gasteiger partial charge >= 0.3 is 0 Å². The molecule has 0 aromatic carbocycles. The molecule has 0 radical (unpaired) electrons. The second-order valence-corrected chi connectivity index (χ2v) is 11.3. The fraction of sp³-hybridized carbons (Fsp3) is 0.667. The Kier molecular flexibility index (Phi) is 6.06. The van der Waals surface area contributed by atoms with Gasteiger partial charge in [-0.15, -0.1) is 0 Å². The number of fused-ring (bicyclic) bond motifs is 1. The minimum atomic E-state index is -0.210. The Balaban J connectivity index is 1.21. The molecule has 1 aromatic rings. The van der Waals surface area contributed by atoms with E-state index in [1.165, 1.54) is 36.1 Å². The second-order valence-electron chi connectivity index (χ2n) is 11.3. The van der Waals surface area contributed by atoms with Gasteiger partial charge in [0.2, 0.25) is 5.91 Å². The molecule has 3 aliphatic heterocycles. The lowest BCUT2D eigenvalue weighted by Gasteiger charge is -2.38. The third-order valence-corrected chi connectivity index (χ3v) is 8.99. The van der Waals surface area contributed by atoms with Crippen LogP contribution in [0.4, 0.5) is 11.5 Å². The van der Waals surface area contributed by atoms with E-state index in [-0.39, 0.29) is 24.1 Å². The van der Waals surface area contributed by atoms with Crippen LogP contribution in [0.2, 0.25) is 0 Å². The van der Waals surface area contributed by atoms with Crippen LogP contribution in [0, 0.1) is 11.3 Å². The van der Waals surface area contributed by atoms with Crippen LogP contribution in [0.15, 0.2) is 34.8 Å². The largest absolute Gasteiger partial charge is 0.378 e. The van der Waals surface area contributed by atoms with Gasteiger partial charge in [-0.05, 0) is 37.2 Å². The summed E-state index contributed by atoms with van der Waals surface area (Å²) in [6, 6.07) is 1.93. The fourth-order valence-corrected chi connectivity index (χ4v) is 6.75. The van der Waals surface area contributed by atoms with Gasteiger partial charge in [0.25, 0.3) is 5.56 Å². The molecule has 194 valence electrons. The highest BCUT2D eigenvalue weighted by Gasteiger charge is 2.44. The minimum Gasteiger partial charge on any atom is -0.378 e. The SMILES string of the molecule is CN(C)c1cc(N2CCC3(CCC3)C2)nn(CC(=O)N2CCC3C(N4CCOCC4)=CC=CC32)c1=O. The fourth-order valence-electron chi connectivity index (χ4n) is 6.75. The molecule has 3 saturated heterocycles. The topological polar surface area (TPSA) is 74.2 Å². The lowest BCUT2D eigenvalue weighted by Crippen LogP contribution is -2.45. The number of hydrogen-bond donors (Lipinski definition) is 0. The summed E-state index contributed by atoms with van der Waals surface area (Å²) in [6.45, 7) is 5.92. The number of amides is 1. The van der Waals surface area contributed by atoms with Crippen molar-refractivity contribution >= 4 is 17.4 Å². The minimum absolute atomic E-state index is 0.0276. The van der Waals surface area contributed by atoms with Crippen LogP contribution >= 0.6 is 0 Å². The molecule has 2 atom stereocenters. The average Bonchev–Trinajstić information content (AvgIpc) is 3.51. The maximum Gasteiger partial charge on any atom is 0.290 e. The molecule has 36 heavy (non-hydrogen) atoms. The first-order valence-corrected chi connectivity index (χ1v) is 13.5. The van der Waals surface area contributed by atoms with Crippen molar-refractivity contribution in [3.05, 3.63) is 40.3 Å². The maximum atomic E-state index is 13.6. The van der Waals surface area contributed by atoms with Crippen LogP contribution in [0.5, 0.6) is 0 Å². The highest BCUT2D eigenvalue weighted by atomic mass is 16.5. The molecule has 2 aliphatic carbocycles. The Bertz CT molecular complexity index is 1130. The van der Waals surface area contributed by atoms with Crippen molar-refractivity contribution in [2.24, 2.45) is 11.3 Å². The normalized spacial score (nSPS) is 26.7. The Hall–Kier alpha value is -2.81. The molecule has 9 nitrogen and oxygen atoms in total. The molecular weight excluding hydrogens is 456 g/mol. The molecule has 9 heteroatoms. The van der Waals surface area contributed by atoms with Crippen molar-refractivity contribution in [2.75, 3.05) is 69.8 Å².